The number of methoxy groups -OCH3 is 1. The average Bonchev–Trinajstić information content (AvgIpc) is 2.96. The molecule has 0 saturated carbocycles. The quantitative estimate of drug-likeness (QED) is 0.757. The molecule has 3 aromatic rings. The van der Waals surface area contributed by atoms with E-state index in [0.717, 1.165) is 17.9 Å². The summed E-state index contributed by atoms with van der Waals surface area (Å²) in [5.41, 5.74) is 3.36. The predicted octanol–water partition coefficient (Wildman–Crippen LogP) is 4.29. The van der Waals surface area contributed by atoms with Gasteiger partial charge in [-0.3, -0.25) is 0 Å². The van der Waals surface area contributed by atoms with Gasteiger partial charge in [-0.15, -0.1) is 0 Å². The Bertz CT molecular complexity index is 715. The molecule has 3 heteroatoms. The van der Waals surface area contributed by atoms with Gasteiger partial charge in [-0.25, -0.2) is 0 Å². The summed E-state index contributed by atoms with van der Waals surface area (Å²) >= 11 is 0. The molecule has 1 heterocycles. The molecule has 21 heavy (non-hydrogen) atoms. The molecule has 1 aromatic heterocycles. The molecule has 1 unspecified atom stereocenters. The second kappa shape index (κ2) is 6.02. The number of hydrogen-bond acceptors (Lipinski definition) is 3. The van der Waals surface area contributed by atoms with Crippen molar-refractivity contribution in [1.29, 1.82) is 0 Å². The predicted molar refractivity (Wildman–Crippen MR) is 84.5 cm³/mol. The third kappa shape index (κ3) is 2.93. The van der Waals surface area contributed by atoms with E-state index in [0.29, 0.717) is 0 Å². The van der Waals surface area contributed by atoms with E-state index in [4.69, 9.17) is 9.15 Å². The third-order valence-corrected chi connectivity index (χ3v) is 3.78. The van der Waals surface area contributed by atoms with Gasteiger partial charge < -0.3 is 14.5 Å². The fraction of sp³-hybridized carbons (Fsp3) is 0.222. The molecule has 0 aliphatic rings. The lowest BCUT2D eigenvalue weighted by Gasteiger charge is -2.14. The van der Waals surface area contributed by atoms with Gasteiger partial charge in [0.25, 0.3) is 0 Å². The maximum Gasteiger partial charge on any atom is 0.134 e. The fourth-order valence-electron chi connectivity index (χ4n) is 2.44. The molecule has 0 aliphatic carbocycles. The van der Waals surface area contributed by atoms with Crippen LogP contribution in [-0.4, -0.2) is 7.11 Å². The molecule has 108 valence electrons. The Labute approximate surface area is 124 Å². The van der Waals surface area contributed by atoms with Crippen molar-refractivity contribution >= 4 is 11.0 Å². The van der Waals surface area contributed by atoms with Crippen molar-refractivity contribution in [3.8, 4) is 5.75 Å². The van der Waals surface area contributed by atoms with Crippen molar-refractivity contribution in [2.24, 2.45) is 0 Å². The van der Waals surface area contributed by atoms with Crippen LogP contribution in [0, 0.1) is 0 Å². The average molecular weight is 281 g/mol. The highest BCUT2D eigenvalue weighted by molar-refractivity contribution is 5.80. The zero-order chi connectivity index (χ0) is 14.7. The summed E-state index contributed by atoms with van der Waals surface area (Å²) in [6, 6.07) is 16.5. The summed E-state index contributed by atoms with van der Waals surface area (Å²) in [5, 5.41) is 4.70. The number of ether oxygens (including phenoxy) is 1. The number of rotatable bonds is 5. The minimum Gasteiger partial charge on any atom is -0.497 e. The van der Waals surface area contributed by atoms with Crippen molar-refractivity contribution < 1.29 is 9.15 Å². The van der Waals surface area contributed by atoms with Gasteiger partial charge in [0.15, 0.2) is 0 Å². The lowest BCUT2D eigenvalue weighted by Crippen LogP contribution is -2.17. The Morgan fingerprint density at radius 1 is 1.10 bits per heavy atom. The first kappa shape index (κ1) is 13.7. The molecule has 1 N–H and O–H groups in total. The zero-order valence-electron chi connectivity index (χ0n) is 12.3. The number of hydrogen-bond donors (Lipinski definition) is 1. The van der Waals surface area contributed by atoms with Crippen LogP contribution in [0.1, 0.15) is 24.1 Å². The second-order valence-corrected chi connectivity index (χ2v) is 5.13. The maximum absolute atomic E-state index is 5.56. The fourth-order valence-corrected chi connectivity index (χ4v) is 2.44. The first-order valence-corrected chi connectivity index (χ1v) is 7.10. The number of para-hydroxylation sites is 1. The molecule has 0 fully saturated rings. The van der Waals surface area contributed by atoms with Crippen molar-refractivity contribution in [2.75, 3.05) is 7.11 Å². The molecule has 0 bridgehead atoms. The van der Waals surface area contributed by atoms with Gasteiger partial charge in [-0.2, -0.15) is 0 Å². The first-order chi connectivity index (χ1) is 10.3. The van der Waals surface area contributed by atoms with E-state index in [1.54, 1.807) is 7.11 Å². The van der Waals surface area contributed by atoms with E-state index in [9.17, 15) is 0 Å². The smallest absolute Gasteiger partial charge is 0.134 e. The van der Waals surface area contributed by atoms with Crippen LogP contribution in [0.4, 0.5) is 0 Å². The van der Waals surface area contributed by atoms with Crippen LogP contribution < -0.4 is 10.1 Å². The Balaban J connectivity index is 1.68. The summed E-state index contributed by atoms with van der Waals surface area (Å²) in [6.45, 7) is 2.94. The Morgan fingerprint density at radius 2 is 1.86 bits per heavy atom. The van der Waals surface area contributed by atoms with Gasteiger partial charge in [-0.1, -0.05) is 30.3 Å². The van der Waals surface area contributed by atoms with Crippen LogP contribution in [-0.2, 0) is 6.54 Å². The highest BCUT2D eigenvalue weighted by Gasteiger charge is 2.08. The molecule has 2 aromatic carbocycles. The SMILES string of the molecule is COc1ccc(C(C)NCc2coc3ccccc23)cc1. The van der Waals surface area contributed by atoms with Crippen LogP contribution in [0.2, 0.25) is 0 Å². The second-order valence-electron chi connectivity index (χ2n) is 5.13. The normalized spacial score (nSPS) is 12.5. The van der Waals surface area contributed by atoms with Gasteiger partial charge in [0, 0.05) is 23.5 Å². The molecule has 0 saturated heterocycles. The number of benzene rings is 2. The minimum absolute atomic E-state index is 0.268. The van der Waals surface area contributed by atoms with Crippen molar-refractivity contribution in [3.63, 3.8) is 0 Å². The Morgan fingerprint density at radius 3 is 2.62 bits per heavy atom. The minimum atomic E-state index is 0.268. The largest absolute Gasteiger partial charge is 0.497 e. The molecule has 0 radical (unpaired) electrons. The van der Waals surface area contributed by atoms with E-state index in [-0.39, 0.29) is 6.04 Å². The van der Waals surface area contributed by atoms with Crippen LogP contribution in [0.15, 0.2) is 59.2 Å². The summed E-state index contributed by atoms with van der Waals surface area (Å²) < 4.78 is 10.7. The van der Waals surface area contributed by atoms with E-state index in [2.05, 4.69) is 30.4 Å². The van der Waals surface area contributed by atoms with Crippen molar-refractivity contribution in [1.82, 2.24) is 5.32 Å². The zero-order valence-corrected chi connectivity index (χ0v) is 12.3. The molecular formula is C18H19NO2. The molecule has 3 nitrogen and oxygen atoms in total. The van der Waals surface area contributed by atoms with Gasteiger partial charge >= 0.3 is 0 Å². The standard InChI is InChI=1S/C18H19NO2/c1-13(14-7-9-16(20-2)10-8-14)19-11-15-12-21-18-6-4-3-5-17(15)18/h3-10,12-13,19H,11H2,1-2H3. The lowest BCUT2D eigenvalue weighted by atomic mass is 10.1. The van der Waals surface area contributed by atoms with Crippen LogP contribution >= 0.6 is 0 Å². The summed E-state index contributed by atoms with van der Waals surface area (Å²) in [5.74, 6) is 0.881. The molecule has 3 rings (SSSR count). The van der Waals surface area contributed by atoms with Crippen molar-refractivity contribution in [3.05, 3.63) is 65.9 Å². The summed E-state index contributed by atoms with van der Waals surface area (Å²) in [7, 11) is 1.68. The molecule has 0 aliphatic heterocycles. The van der Waals surface area contributed by atoms with Crippen LogP contribution in [0.25, 0.3) is 11.0 Å². The molecule has 0 amide bonds. The molecular weight excluding hydrogens is 262 g/mol. The number of fused-ring (bicyclic) bond motifs is 1. The Kier molecular flexibility index (Phi) is 3.93. The van der Waals surface area contributed by atoms with Gasteiger partial charge in [0.2, 0.25) is 0 Å². The third-order valence-electron chi connectivity index (χ3n) is 3.78. The van der Waals surface area contributed by atoms with Gasteiger partial charge in [0.1, 0.15) is 11.3 Å². The monoisotopic (exact) mass is 281 g/mol. The molecule has 0 spiro atoms. The summed E-state index contributed by atoms with van der Waals surface area (Å²) in [6.07, 6.45) is 1.83. The topological polar surface area (TPSA) is 34.4 Å². The number of nitrogens with one attached hydrogen (secondary N) is 1. The van der Waals surface area contributed by atoms with E-state index >= 15 is 0 Å². The molecule has 1 atom stereocenters. The lowest BCUT2D eigenvalue weighted by molar-refractivity contribution is 0.414. The van der Waals surface area contributed by atoms with E-state index in [1.165, 1.54) is 16.5 Å². The van der Waals surface area contributed by atoms with E-state index < -0.39 is 0 Å². The van der Waals surface area contributed by atoms with Crippen LogP contribution in [0.3, 0.4) is 0 Å². The highest BCUT2D eigenvalue weighted by Crippen LogP contribution is 2.22. The maximum atomic E-state index is 5.56. The van der Waals surface area contributed by atoms with Crippen LogP contribution in [0.5, 0.6) is 5.75 Å². The highest BCUT2D eigenvalue weighted by atomic mass is 16.5. The van der Waals surface area contributed by atoms with Gasteiger partial charge in [-0.05, 0) is 30.7 Å². The van der Waals surface area contributed by atoms with E-state index in [1.807, 2.05) is 36.6 Å². The van der Waals surface area contributed by atoms with Gasteiger partial charge in [0.05, 0.1) is 13.4 Å². The first-order valence-electron chi connectivity index (χ1n) is 7.10. The number of furan rings is 1. The summed E-state index contributed by atoms with van der Waals surface area (Å²) in [4.78, 5) is 0. The van der Waals surface area contributed by atoms with Crippen molar-refractivity contribution in [2.45, 2.75) is 19.5 Å². The Hall–Kier alpha value is -2.26.